The van der Waals surface area contributed by atoms with E-state index in [0.717, 1.165) is 16.7 Å². The van der Waals surface area contributed by atoms with E-state index in [2.05, 4.69) is 15.6 Å². The van der Waals surface area contributed by atoms with Crippen LogP contribution in [0.4, 0.5) is 5.69 Å². The molecule has 1 aromatic heterocycles. The number of amides is 2. The number of hydrogen-bond donors (Lipinski definition) is 2. The molecule has 134 valence electrons. The Balaban J connectivity index is 1.77. The summed E-state index contributed by atoms with van der Waals surface area (Å²) in [6.07, 6.45) is 1.78. The standard InChI is InChI=1S/C20H22N4O2/c1-13(2)19(22-14(3)25)20(26)23-15-8-10-16(11-9-15)24-12-21-17-6-4-5-7-18(17)24/h4-13,19H,1-3H3,(H,22,25)(H,23,26). The Morgan fingerprint density at radius 3 is 2.38 bits per heavy atom. The second-order valence-electron chi connectivity index (χ2n) is 6.56. The van der Waals surface area contributed by atoms with Gasteiger partial charge in [0.1, 0.15) is 12.4 Å². The largest absolute Gasteiger partial charge is 0.344 e. The van der Waals surface area contributed by atoms with Crippen molar-refractivity contribution in [3.8, 4) is 5.69 Å². The van der Waals surface area contributed by atoms with Gasteiger partial charge in [0.25, 0.3) is 0 Å². The molecule has 2 amide bonds. The van der Waals surface area contributed by atoms with E-state index >= 15 is 0 Å². The van der Waals surface area contributed by atoms with Crippen molar-refractivity contribution < 1.29 is 9.59 Å². The molecule has 3 aromatic rings. The number of anilines is 1. The van der Waals surface area contributed by atoms with Crippen LogP contribution in [0.5, 0.6) is 0 Å². The van der Waals surface area contributed by atoms with Gasteiger partial charge in [-0.1, -0.05) is 26.0 Å². The molecule has 0 aliphatic carbocycles. The summed E-state index contributed by atoms with van der Waals surface area (Å²) in [5.74, 6) is -0.451. The SMILES string of the molecule is CC(=O)NC(C(=O)Nc1ccc(-n2cnc3ccccc32)cc1)C(C)C. The number of hydrogen-bond acceptors (Lipinski definition) is 3. The minimum absolute atomic E-state index is 0.00418. The van der Waals surface area contributed by atoms with Gasteiger partial charge in [-0.05, 0) is 42.3 Å². The Morgan fingerprint density at radius 1 is 1.04 bits per heavy atom. The molecule has 0 spiro atoms. The summed E-state index contributed by atoms with van der Waals surface area (Å²) >= 11 is 0. The van der Waals surface area contributed by atoms with Gasteiger partial charge in [-0.2, -0.15) is 0 Å². The number of rotatable bonds is 5. The Morgan fingerprint density at radius 2 is 1.73 bits per heavy atom. The van der Waals surface area contributed by atoms with Crippen LogP contribution in [-0.2, 0) is 9.59 Å². The summed E-state index contributed by atoms with van der Waals surface area (Å²) in [5, 5.41) is 5.55. The Kier molecular flexibility index (Phi) is 5.02. The molecule has 2 N–H and O–H groups in total. The fourth-order valence-corrected chi connectivity index (χ4v) is 2.84. The molecule has 0 fully saturated rings. The number of carbonyl (C=O) groups excluding carboxylic acids is 2. The lowest BCUT2D eigenvalue weighted by molar-refractivity contribution is -0.126. The molecule has 0 radical (unpaired) electrons. The molecule has 1 atom stereocenters. The third-order valence-electron chi connectivity index (χ3n) is 4.17. The second-order valence-corrected chi connectivity index (χ2v) is 6.56. The van der Waals surface area contributed by atoms with Crippen LogP contribution in [0.2, 0.25) is 0 Å². The molecule has 6 heteroatoms. The quantitative estimate of drug-likeness (QED) is 0.742. The van der Waals surface area contributed by atoms with Crippen LogP contribution in [-0.4, -0.2) is 27.4 Å². The maximum absolute atomic E-state index is 12.4. The van der Waals surface area contributed by atoms with Crippen molar-refractivity contribution in [3.05, 3.63) is 54.9 Å². The fraction of sp³-hybridized carbons (Fsp3) is 0.250. The molecule has 2 aromatic carbocycles. The highest BCUT2D eigenvalue weighted by Crippen LogP contribution is 2.20. The summed E-state index contributed by atoms with van der Waals surface area (Å²) in [5.41, 5.74) is 3.59. The van der Waals surface area contributed by atoms with E-state index in [9.17, 15) is 9.59 Å². The Hall–Kier alpha value is -3.15. The number of imidazole rings is 1. The number of fused-ring (bicyclic) bond motifs is 1. The van der Waals surface area contributed by atoms with Crippen LogP contribution in [0.3, 0.4) is 0 Å². The maximum Gasteiger partial charge on any atom is 0.247 e. The van der Waals surface area contributed by atoms with Crippen LogP contribution in [0, 0.1) is 5.92 Å². The highest BCUT2D eigenvalue weighted by atomic mass is 16.2. The molecule has 26 heavy (non-hydrogen) atoms. The maximum atomic E-state index is 12.4. The number of benzene rings is 2. The van der Waals surface area contributed by atoms with Gasteiger partial charge in [-0.3, -0.25) is 14.2 Å². The summed E-state index contributed by atoms with van der Waals surface area (Å²) < 4.78 is 2.00. The van der Waals surface area contributed by atoms with Gasteiger partial charge in [-0.25, -0.2) is 4.98 Å². The zero-order valence-corrected chi connectivity index (χ0v) is 15.1. The van der Waals surface area contributed by atoms with E-state index in [4.69, 9.17) is 0 Å². The number of aromatic nitrogens is 2. The van der Waals surface area contributed by atoms with E-state index in [1.165, 1.54) is 6.92 Å². The van der Waals surface area contributed by atoms with Gasteiger partial charge >= 0.3 is 0 Å². The zero-order valence-electron chi connectivity index (χ0n) is 15.1. The van der Waals surface area contributed by atoms with E-state index in [-0.39, 0.29) is 17.7 Å². The first-order valence-corrected chi connectivity index (χ1v) is 8.56. The van der Waals surface area contributed by atoms with Crippen LogP contribution in [0.15, 0.2) is 54.9 Å². The molecule has 1 unspecified atom stereocenters. The van der Waals surface area contributed by atoms with Crippen LogP contribution in [0.25, 0.3) is 16.7 Å². The van der Waals surface area contributed by atoms with Crippen molar-refractivity contribution in [2.75, 3.05) is 5.32 Å². The lowest BCUT2D eigenvalue weighted by atomic mass is 10.0. The molecule has 0 bridgehead atoms. The number of carbonyl (C=O) groups is 2. The third kappa shape index (κ3) is 3.74. The first-order chi connectivity index (χ1) is 12.5. The summed E-state index contributed by atoms with van der Waals surface area (Å²) in [7, 11) is 0. The highest BCUT2D eigenvalue weighted by Gasteiger charge is 2.22. The molecule has 0 aliphatic rings. The molecule has 3 rings (SSSR count). The van der Waals surface area contributed by atoms with Crippen molar-refractivity contribution in [3.63, 3.8) is 0 Å². The monoisotopic (exact) mass is 350 g/mol. The minimum atomic E-state index is -0.565. The van der Waals surface area contributed by atoms with Crippen molar-refractivity contribution in [2.24, 2.45) is 5.92 Å². The van der Waals surface area contributed by atoms with Crippen molar-refractivity contribution in [1.82, 2.24) is 14.9 Å². The van der Waals surface area contributed by atoms with E-state index in [1.54, 1.807) is 6.33 Å². The topological polar surface area (TPSA) is 76.0 Å². The summed E-state index contributed by atoms with van der Waals surface area (Å²) in [4.78, 5) is 28.1. The number of para-hydroxylation sites is 2. The zero-order chi connectivity index (χ0) is 18.7. The van der Waals surface area contributed by atoms with Gasteiger partial charge in [0.15, 0.2) is 0 Å². The van der Waals surface area contributed by atoms with E-state index < -0.39 is 6.04 Å². The average Bonchev–Trinajstić information content (AvgIpc) is 3.04. The van der Waals surface area contributed by atoms with Crippen molar-refractivity contribution in [2.45, 2.75) is 26.8 Å². The highest BCUT2D eigenvalue weighted by molar-refractivity contribution is 5.97. The fourth-order valence-electron chi connectivity index (χ4n) is 2.84. The first-order valence-electron chi connectivity index (χ1n) is 8.56. The molecule has 6 nitrogen and oxygen atoms in total. The smallest absolute Gasteiger partial charge is 0.247 e. The van der Waals surface area contributed by atoms with Gasteiger partial charge in [0.2, 0.25) is 11.8 Å². The molecule has 1 heterocycles. The average molecular weight is 350 g/mol. The summed E-state index contributed by atoms with van der Waals surface area (Å²) in [6.45, 7) is 5.20. The summed E-state index contributed by atoms with van der Waals surface area (Å²) in [6, 6.07) is 14.9. The number of nitrogens with zero attached hydrogens (tertiary/aromatic N) is 2. The van der Waals surface area contributed by atoms with Crippen molar-refractivity contribution in [1.29, 1.82) is 0 Å². The van der Waals surface area contributed by atoms with Gasteiger partial charge in [-0.15, -0.1) is 0 Å². The predicted octanol–water partition coefficient (Wildman–Crippen LogP) is 3.12. The molecule has 0 saturated carbocycles. The van der Waals surface area contributed by atoms with Crippen LogP contribution in [0.1, 0.15) is 20.8 Å². The lowest BCUT2D eigenvalue weighted by Gasteiger charge is -2.21. The third-order valence-corrected chi connectivity index (χ3v) is 4.17. The predicted molar refractivity (Wildman–Crippen MR) is 102 cm³/mol. The van der Waals surface area contributed by atoms with Gasteiger partial charge in [0.05, 0.1) is 11.0 Å². The van der Waals surface area contributed by atoms with Gasteiger partial charge in [0, 0.05) is 18.3 Å². The van der Waals surface area contributed by atoms with Crippen molar-refractivity contribution >= 4 is 28.5 Å². The van der Waals surface area contributed by atoms with E-state index in [0.29, 0.717) is 5.69 Å². The first kappa shape index (κ1) is 17.7. The van der Waals surface area contributed by atoms with Crippen LogP contribution < -0.4 is 10.6 Å². The number of nitrogens with one attached hydrogen (secondary N) is 2. The molecule has 0 aliphatic heterocycles. The minimum Gasteiger partial charge on any atom is -0.344 e. The van der Waals surface area contributed by atoms with E-state index in [1.807, 2.05) is 66.9 Å². The second kappa shape index (κ2) is 7.39. The normalized spacial score (nSPS) is 12.2. The van der Waals surface area contributed by atoms with Gasteiger partial charge < -0.3 is 10.6 Å². The lowest BCUT2D eigenvalue weighted by Crippen LogP contribution is -2.46. The molecule has 0 saturated heterocycles. The molecular formula is C20H22N4O2. The Bertz CT molecular complexity index is 928. The Labute approximate surface area is 152 Å². The molecular weight excluding hydrogens is 328 g/mol. The van der Waals surface area contributed by atoms with Crippen LogP contribution >= 0.6 is 0 Å².